The summed E-state index contributed by atoms with van der Waals surface area (Å²) in [4.78, 5) is 56.3. The second-order valence-electron chi connectivity index (χ2n) is 16.0. The van der Waals surface area contributed by atoms with Crippen molar-refractivity contribution in [2.75, 3.05) is 13.7 Å². The molecule has 5 heterocycles. The van der Waals surface area contributed by atoms with Gasteiger partial charge >= 0.3 is 35.0 Å². The summed E-state index contributed by atoms with van der Waals surface area (Å²) in [6.45, 7) is 23.0. The molecule has 0 unspecified atom stereocenters. The fourth-order valence-electron chi connectivity index (χ4n) is 8.68. The van der Waals surface area contributed by atoms with Gasteiger partial charge in [-0.25, -0.2) is 0 Å². The van der Waals surface area contributed by atoms with Gasteiger partial charge in [0.2, 0.25) is 0 Å². The third-order valence-corrected chi connectivity index (χ3v) is 12.2. The van der Waals surface area contributed by atoms with Gasteiger partial charge in [0.25, 0.3) is 0 Å². The average molecular weight is 794 g/mol. The van der Waals surface area contributed by atoms with Crippen LogP contribution in [0, 0.1) is 51.4 Å². The van der Waals surface area contributed by atoms with Crippen LogP contribution in [0.3, 0.4) is 0 Å². The molecule has 9 nitrogen and oxygen atoms in total. The number of hydrogen-bond acceptors (Lipinski definition) is 5. The maximum absolute atomic E-state index is 14.3. The maximum atomic E-state index is 14.3. The molecule has 304 valence electrons. The van der Waals surface area contributed by atoms with Gasteiger partial charge in [0.1, 0.15) is 12.5 Å². The van der Waals surface area contributed by atoms with Crippen LogP contribution in [0.15, 0.2) is 29.6 Å². The second kappa shape index (κ2) is 19.2. The number of ketones is 1. The number of nitrogens with zero attached hydrogens (tertiary/aromatic N) is 4. The Morgan fingerprint density at radius 2 is 1.66 bits per heavy atom. The molecule has 0 N–H and O–H groups in total. The Kier molecular flexibility index (Phi) is 14.8. The van der Waals surface area contributed by atoms with Crippen LogP contribution in [-0.4, -0.2) is 54.5 Å². The van der Waals surface area contributed by atoms with Crippen molar-refractivity contribution in [3.63, 3.8) is 0 Å². The zero-order chi connectivity index (χ0) is 41.1. The second-order valence-corrected chi connectivity index (χ2v) is 16.0. The van der Waals surface area contributed by atoms with Crippen molar-refractivity contribution >= 4 is 70.7 Å². The standard InChI is InChI=1S/C48H58N4O5.Mg/c1-11-14-16-26(4)17-15-18-27(5)21-22-57-41(53)20-19-34-30(8)37-23-35-28(6)32(12-2)39(49-35)24-36-29(7)33(13-3)40(50-36)25-38-31(9)42-46(52-38)43(45(34)51-37)44(47(42)54)48(55)56-10;/h12,21,23-26,30,34,44H,2,4,11,13-20,22H2,1,3,5-10H3,(H-,51,52,54);/q-4;+2/p-1/b27-21+,36-24-,37-23-,40-25-;/t26-,30+,34+,44-;/m1./s1. The van der Waals surface area contributed by atoms with E-state index in [2.05, 4.69) is 48.1 Å². The molecule has 3 aromatic heterocycles. The zero-order valence-electron chi connectivity index (χ0n) is 35.7. The summed E-state index contributed by atoms with van der Waals surface area (Å²) < 4.78 is 10.9. The van der Waals surface area contributed by atoms with Gasteiger partial charge < -0.3 is 36.7 Å². The van der Waals surface area contributed by atoms with E-state index in [9.17, 15) is 14.4 Å². The van der Waals surface area contributed by atoms with Crippen LogP contribution in [0.25, 0.3) is 35.2 Å². The van der Waals surface area contributed by atoms with E-state index in [4.69, 9.17) is 29.7 Å². The number of rotatable bonds is 15. The fraction of sp³-hybridized carbons (Fsp3) is 0.458. The van der Waals surface area contributed by atoms with Crippen LogP contribution in [0.2, 0.25) is 0 Å². The molecule has 10 heteroatoms. The number of methoxy groups -OCH3 is 1. The third-order valence-electron chi connectivity index (χ3n) is 12.2. The number of ether oxygens (including phenoxy) is 2. The molecule has 6 rings (SSSR count). The van der Waals surface area contributed by atoms with Gasteiger partial charge in [-0.3, -0.25) is 14.4 Å². The third kappa shape index (κ3) is 8.83. The Morgan fingerprint density at radius 1 is 0.948 bits per heavy atom. The largest absolute Gasteiger partial charge is 2.00 e. The van der Waals surface area contributed by atoms with Crippen molar-refractivity contribution in [1.82, 2.24) is 15.0 Å². The minimum atomic E-state index is -1.22. The molecule has 3 aliphatic rings. The number of carbonyl (C=O) groups excluding carboxylic acids is 3. The normalized spacial score (nSPS) is 22.2. The van der Waals surface area contributed by atoms with Crippen molar-refractivity contribution in [2.24, 2.45) is 23.7 Å². The van der Waals surface area contributed by atoms with Gasteiger partial charge in [-0.15, -0.1) is 33.5 Å². The van der Waals surface area contributed by atoms with Crippen molar-refractivity contribution in [3.05, 3.63) is 109 Å². The van der Waals surface area contributed by atoms with E-state index in [0.29, 0.717) is 46.1 Å². The summed E-state index contributed by atoms with van der Waals surface area (Å²) >= 11 is 0. The number of unbranched alkanes of at least 4 members (excludes halogenated alkanes) is 1. The molecule has 0 aromatic carbocycles. The number of esters is 2. The van der Waals surface area contributed by atoms with Crippen LogP contribution in [0.4, 0.5) is 0 Å². The van der Waals surface area contributed by atoms with E-state index in [-0.39, 0.29) is 59.7 Å². The first-order chi connectivity index (χ1) is 27.3. The SMILES string of the molecule is C=Cc1c2[n-]c(c1C)/C=C1\[N-]/C(=C3\c4[n-]c(c(C)c4C(=O)[C@@H]3C(=O)OC)/C=c3\[n-]/c(c(C)c3CC)=C\2)[C@@H](CCC(=O)OC/C=C(\C)CCC[C@H]([CH2-])CCCC)[C@@H]1C.[Mg+2]. The summed E-state index contributed by atoms with van der Waals surface area (Å²) in [6.07, 6.45) is 17.7. The molecular weight excluding hydrogens is 737 g/mol. The van der Waals surface area contributed by atoms with E-state index in [1.807, 2.05) is 44.2 Å². The molecular formula is C48H57MgN4O5-3. The summed E-state index contributed by atoms with van der Waals surface area (Å²) in [6, 6.07) is 0. The van der Waals surface area contributed by atoms with E-state index in [1.54, 1.807) is 0 Å². The van der Waals surface area contributed by atoms with Crippen molar-refractivity contribution < 1.29 is 23.9 Å². The molecule has 58 heavy (non-hydrogen) atoms. The molecule has 2 aliphatic heterocycles. The molecule has 0 radical (unpaired) electrons. The number of carbonyl (C=O) groups is 3. The predicted octanol–water partition coefficient (Wildman–Crippen LogP) is 7.74. The van der Waals surface area contributed by atoms with Crippen molar-refractivity contribution in [3.8, 4) is 0 Å². The van der Waals surface area contributed by atoms with Gasteiger partial charge in [0, 0.05) is 12.0 Å². The Balaban J connectivity index is 0.00000641. The predicted molar refractivity (Wildman–Crippen MR) is 232 cm³/mol. The molecule has 8 bridgehead atoms. The molecule has 0 spiro atoms. The Hall–Kier alpha value is -4.28. The van der Waals surface area contributed by atoms with Crippen LogP contribution in [0.1, 0.15) is 140 Å². The average Bonchev–Trinajstić information content (AvgIpc) is 3.93. The molecule has 3 aromatic rings. The molecule has 4 atom stereocenters. The molecule has 1 aliphatic carbocycles. The van der Waals surface area contributed by atoms with Gasteiger partial charge in [-0.05, 0) is 70.4 Å². The number of aromatic nitrogens is 3. The van der Waals surface area contributed by atoms with Crippen LogP contribution in [0.5, 0.6) is 0 Å². The van der Waals surface area contributed by atoms with Crippen molar-refractivity contribution in [1.29, 1.82) is 0 Å². The van der Waals surface area contributed by atoms with Crippen LogP contribution >= 0.6 is 0 Å². The topological polar surface area (TPSA) is 126 Å². The number of Topliss-reactive ketones (excluding diaryl/α,β-unsaturated/α-hetero) is 1. The first-order valence-corrected chi connectivity index (χ1v) is 20.6. The minimum absolute atomic E-state index is 0. The smallest absolute Gasteiger partial charge is 0.664 e. The first kappa shape index (κ1) is 44.8. The van der Waals surface area contributed by atoms with E-state index in [1.165, 1.54) is 25.5 Å². The Bertz CT molecular complexity index is 2300. The minimum Gasteiger partial charge on any atom is -0.664 e. The first-order valence-electron chi connectivity index (χ1n) is 20.6. The molecule has 0 saturated carbocycles. The van der Waals surface area contributed by atoms with E-state index < -0.39 is 11.9 Å². The Labute approximate surface area is 360 Å². The molecule has 0 amide bonds. The van der Waals surface area contributed by atoms with E-state index in [0.717, 1.165) is 82.1 Å². The zero-order valence-corrected chi connectivity index (χ0v) is 37.1. The van der Waals surface area contributed by atoms with Gasteiger partial charge in [-0.2, -0.15) is 17.3 Å². The quantitative estimate of drug-likeness (QED) is 0.0503. The monoisotopic (exact) mass is 793 g/mol. The summed E-state index contributed by atoms with van der Waals surface area (Å²) in [5.41, 5.74) is 10.6. The van der Waals surface area contributed by atoms with E-state index >= 15 is 0 Å². The number of hydrogen-bond donors (Lipinski definition) is 0. The van der Waals surface area contributed by atoms with Crippen LogP contribution in [-0.2, 0) is 25.5 Å². The number of allylic oxidation sites excluding steroid dienone is 3. The summed E-state index contributed by atoms with van der Waals surface area (Å²) in [5, 5.41) is 6.80. The van der Waals surface area contributed by atoms with Gasteiger partial charge in [-0.1, -0.05) is 117 Å². The summed E-state index contributed by atoms with van der Waals surface area (Å²) in [7, 11) is 1.29. The maximum Gasteiger partial charge on any atom is 2.00 e. The molecule has 1 fully saturated rings. The fourth-order valence-corrected chi connectivity index (χ4v) is 8.68. The Morgan fingerprint density at radius 3 is 2.34 bits per heavy atom. The van der Waals surface area contributed by atoms with Crippen LogP contribution < -0.4 is 25.7 Å². The molecule has 1 saturated heterocycles. The van der Waals surface area contributed by atoms with Crippen molar-refractivity contribution in [2.45, 2.75) is 106 Å². The van der Waals surface area contributed by atoms with Gasteiger partial charge in [0.15, 0.2) is 5.78 Å². The van der Waals surface area contributed by atoms with Gasteiger partial charge in [0.05, 0.1) is 7.11 Å². The summed E-state index contributed by atoms with van der Waals surface area (Å²) in [5.74, 6) is -2.59. The number of fused-ring (bicyclic) bond motifs is 7.